The second-order valence-corrected chi connectivity index (χ2v) is 5.73. The van der Waals surface area contributed by atoms with Crippen LogP contribution >= 0.6 is 0 Å². The van der Waals surface area contributed by atoms with Crippen LogP contribution in [-0.2, 0) is 17.1 Å². The minimum absolute atomic E-state index is 0.133. The molecule has 3 N–H and O–H groups in total. The molecule has 1 aromatic carbocycles. The molecule has 19 heavy (non-hydrogen) atoms. The lowest BCUT2D eigenvalue weighted by Crippen LogP contribution is -2.18. The third kappa shape index (κ3) is 2.53. The molecule has 1 heterocycles. The summed E-state index contributed by atoms with van der Waals surface area (Å²) in [7, 11) is -2.49. The molecule has 0 unspecified atom stereocenters. The number of nitrogen functional groups attached to an aromatic ring is 1. The van der Waals surface area contributed by atoms with Crippen LogP contribution < -0.4 is 10.5 Å². The van der Waals surface area contributed by atoms with Crippen LogP contribution in [0.25, 0.3) is 0 Å². The molecular weight excluding hydrogens is 271 g/mol. The summed E-state index contributed by atoms with van der Waals surface area (Å²) in [5.41, 5.74) is 6.06. The maximum Gasteiger partial charge on any atom is 0.281 e. The van der Waals surface area contributed by atoms with Crippen LogP contribution in [0.2, 0.25) is 0 Å². The number of imidazole rings is 1. The molecule has 0 bridgehead atoms. The monoisotopic (exact) mass is 284 g/mol. The lowest BCUT2D eigenvalue weighted by molar-refractivity contribution is 0.589. The SMILES string of the molecule is Cc1ccc(NS(=O)(=O)c2c(N)ncn2C)c(F)c1. The van der Waals surface area contributed by atoms with Gasteiger partial charge < -0.3 is 10.3 Å². The molecule has 2 rings (SSSR count). The van der Waals surface area contributed by atoms with Gasteiger partial charge in [-0.1, -0.05) is 6.07 Å². The summed E-state index contributed by atoms with van der Waals surface area (Å²) in [6.07, 6.45) is 1.27. The zero-order chi connectivity index (χ0) is 14.2. The predicted molar refractivity (Wildman–Crippen MR) is 69.6 cm³/mol. The molecule has 2 aromatic rings. The van der Waals surface area contributed by atoms with E-state index in [2.05, 4.69) is 9.71 Å². The van der Waals surface area contributed by atoms with Crippen LogP contribution in [0.4, 0.5) is 15.9 Å². The average Bonchev–Trinajstić information content (AvgIpc) is 2.63. The number of halogens is 1. The third-order valence-corrected chi connectivity index (χ3v) is 4.03. The summed E-state index contributed by atoms with van der Waals surface area (Å²) in [5.74, 6) is -0.785. The Morgan fingerprint density at radius 2 is 2.11 bits per heavy atom. The van der Waals surface area contributed by atoms with Crippen molar-refractivity contribution in [2.24, 2.45) is 7.05 Å². The van der Waals surface area contributed by atoms with Crippen LogP contribution in [0, 0.1) is 12.7 Å². The summed E-state index contributed by atoms with van der Waals surface area (Å²) >= 11 is 0. The van der Waals surface area contributed by atoms with Crippen molar-refractivity contribution in [3.63, 3.8) is 0 Å². The van der Waals surface area contributed by atoms with Gasteiger partial charge in [-0.05, 0) is 24.6 Å². The zero-order valence-electron chi connectivity index (χ0n) is 10.4. The van der Waals surface area contributed by atoms with Crippen LogP contribution in [0.5, 0.6) is 0 Å². The van der Waals surface area contributed by atoms with Gasteiger partial charge in [0.25, 0.3) is 10.0 Å². The van der Waals surface area contributed by atoms with Gasteiger partial charge in [0.2, 0.25) is 0 Å². The van der Waals surface area contributed by atoms with Gasteiger partial charge in [-0.15, -0.1) is 0 Å². The quantitative estimate of drug-likeness (QED) is 0.887. The van der Waals surface area contributed by atoms with Crippen LogP contribution in [0.3, 0.4) is 0 Å². The van der Waals surface area contributed by atoms with Gasteiger partial charge in [-0.25, -0.2) is 9.37 Å². The van der Waals surface area contributed by atoms with Crippen molar-refractivity contribution in [3.05, 3.63) is 35.9 Å². The molecule has 102 valence electrons. The number of hydrogen-bond donors (Lipinski definition) is 2. The number of anilines is 2. The summed E-state index contributed by atoms with van der Waals surface area (Å²) in [4.78, 5) is 3.69. The Morgan fingerprint density at radius 3 is 2.63 bits per heavy atom. The van der Waals surface area contributed by atoms with Gasteiger partial charge in [0.05, 0.1) is 12.0 Å². The van der Waals surface area contributed by atoms with Gasteiger partial charge in [-0.3, -0.25) is 4.72 Å². The Morgan fingerprint density at radius 1 is 1.42 bits per heavy atom. The molecule has 0 aliphatic heterocycles. The summed E-state index contributed by atoms with van der Waals surface area (Å²) in [5, 5.41) is -0.201. The Kier molecular flexibility index (Phi) is 3.19. The lowest BCUT2D eigenvalue weighted by Gasteiger charge is -2.10. The van der Waals surface area contributed by atoms with E-state index in [9.17, 15) is 12.8 Å². The van der Waals surface area contributed by atoms with E-state index in [-0.39, 0.29) is 16.5 Å². The van der Waals surface area contributed by atoms with Gasteiger partial charge in [0.1, 0.15) is 5.82 Å². The Labute approximate surface area is 110 Å². The standard InChI is InChI=1S/C11H13FN4O2S/c1-7-3-4-9(8(12)5-7)15-19(17,18)11-10(13)14-6-16(11)2/h3-6,15H,13H2,1-2H3. The molecule has 0 fully saturated rings. The Hall–Kier alpha value is -2.09. The van der Waals surface area contributed by atoms with Crippen molar-refractivity contribution in [3.8, 4) is 0 Å². The lowest BCUT2D eigenvalue weighted by atomic mass is 10.2. The highest BCUT2D eigenvalue weighted by Gasteiger charge is 2.23. The van der Waals surface area contributed by atoms with Crippen LogP contribution in [0.15, 0.2) is 29.6 Å². The second-order valence-electron chi connectivity index (χ2n) is 4.13. The van der Waals surface area contributed by atoms with Crippen LogP contribution in [-0.4, -0.2) is 18.0 Å². The molecule has 0 aliphatic carbocycles. The number of hydrogen-bond acceptors (Lipinski definition) is 4. The zero-order valence-corrected chi connectivity index (χ0v) is 11.2. The Balaban J connectivity index is 2.42. The molecule has 0 amide bonds. The fourth-order valence-electron chi connectivity index (χ4n) is 1.66. The Bertz CT molecular complexity index is 705. The highest BCUT2D eigenvalue weighted by atomic mass is 32.2. The summed E-state index contributed by atoms with van der Waals surface area (Å²) in [6.45, 7) is 1.71. The fraction of sp³-hybridized carbons (Fsp3) is 0.182. The van der Waals surface area contributed by atoms with E-state index >= 15 is 0 Å². The number of nitrogens with zero attached hydrogens (tertiary/aromatic N) is 2. The topological polar surface area (TPSA) is 90.0 Å². The van der Waals surface area contributed by atoms with Crippen molar-refractivity contribution in [1.29, 1.82) is 0 Å². The number of benzene rings is 1. The average molecular weight is 284 g/mol. The van der Waals surface area contributed by atoms with Crippen molar-refractivity contribution in [1.82, 2.24) is 9.55 Å². The number of aromatic nitrogens is 2. The van der Waals surface area contributed by atoms with Crippen molar-refractivity contribution in [2.45, 2.75) is 11.9 Å². The first-order chi connectivity index (χ1) is 8.81. The highest BCUT2D eigenvalue weighted by molar-refractivity contribution is 7.92. The molecule has 0 saturated heterocycles. The van der Waals surface area contributed by atoms with Gasteiger partial charge >= 0.3 is 0 Å². The van der Waals surface area contributed by atoms with E-state index in [4.69, 9.17) is 5.73 Å². The van der Waals surface area contributed by atoms with Crippen molar-refractivity contribution in [2.75, 3.05) is 10.5 Å². The van der Waals surface area contributed by atoms with Gasteiger partial charge in [-0.2, -0.15) is 8.42 Å². The number of nitrogens with one attached hydrogen (secondary N) is 1. The third-order valence-electron chi connectivity index (χ3n) is 2.53. The molecule has 0 atom stereocenters. The molecule has 8 heteroatoms. The maximum atomic E-state index is 13.6. The highest BCUT2D eigenvalue weighted by Crippen LogP contribution is 2.22. The first kappa shape index (κ1) is 13.3. The molecule has 0 aliphatic rings. The summed E-state index contributed by atoms with van der Waals surface area (Å²) < 4.78 is 41.3. The first-order valence-corrected chi connectivity index (χ1v) is 6.85. The molecule has 0 saturated carbocycles. The van der Waals surface area contributed by atoms with E-state index in [1.807, 2.05) is 0 Å². The van der Waals surface area contributed by atoms with E-state index in [1.54, 1.807) is 13.0 Å². The minimum Gasteiger partial charge on any atom is -0.381 e. The predicted octanol–water partition coefficient (Wildman–Crippen LogP) is 1.25. The van der Waals surface area contributed by atoms with E-state index in [0.717, 1.165) is 0 Å². The van der Waals surface area contributed by atoms with Crippen molar-refractivity contribution >= 4 is 21.5 Å². The number of sulfonamides is 1. The molecular formula is C11H13FN4O2S. The maximum absolute atomic E-state index is 13.6. The number of aryl methyl sites for hydroxylation is 2. The van der Waals surface area contributed by atoms with E-state index in [1.165, 1.54) is 30.1 Å². The first-order valence-electron chi connectivity index (χ1n) is 5.37. The van der Waals surface area contributed by atoms with Gasteiger partial charge in [0, 0.05) is 7.05 Å². The molecule has 0 spiro atoms. The van der Waals surface area contributed by atoms with Crippen LogP contribution in [0.1, 0.15) is 5.56 Å². The summed E-state index contributed by atoms with van der Waals surface area (Å²) in [6, 6.07) is 4.20. The van der Waals surface area contributed by atoms with E-state index in [0.29, 0.717) is 5.56 Å². The second kappa shape index (κ2) is 4.54. The van der Waals surface area contributed by atoms with E-state index < -0.39 is 15.8 Å². The van der Waals surface area contributed by atoms with Crippen molar-refractivity contribution < 1.29 is 12.8 Å². The number of nitrogens with two attached hydrogens (primary N) is 1. The largest absolute Gasteiger partial charge is 0.381 e. The molecule has 1 aromatic heterocycles. The number of rotatable bonds is 3. The minimum atomic E-state index is -3.98. The normalized spacial score (nSPS) is 11.5. The van der Waals surface area contributed by atoms with Gasteiger partial charge in [0.15, 0.2) is 10.8 Å². The molecule has 6 nitrogen and oxygen atoms in total. The smallest absolute Gasteiger partial charge is 0.281 e. The molecule has 0 radical (unpaired) electrons. The fourth-order valence-corrected chi connectivity index (χ4v) is 2.97.